The second kappa shape index (κ2) is 2.19. The van der Waals surface area contributed by atoms with Gasteiger partial charge in [0.15, 0.2) is 0 Å². The first kappa shape index (κ1) is 9.16. The Kier molecular flexibility index (Phi) is 1.43. The Bertz CT molecular complexity index is 384. The van der Waals surface area contributed by atoms with Crippen LogP contribution in [-0.2, 0) is 14.3 Å². The van der Waals surface area contributed by atoms with Crippen LogP contribution in [0.4, 0.5) is 0 Å². The number of fused-ring (bicyclic) bond motifs is 1. The van der Waals surface area contributed by atoms with Gasteiger partial charge in [-0.15, -0.1) is 0 Å². The molecule has 0 aromatic heterocycles. The second-order valence-electron chi connectivity index (χ2n) is 5.64. The molecule has 5 atom stereocenters. The molecule has 80 valence electrons. The molecule has 14 heavy (non-hydrogen) atoms. The zero-order chi connectivity index (χ0) is 10.3. The average molecular weight is 216 g/mol. The highest BCUT2D eigenvalue weighted by Crippen LogP contribution is 2.66. The van der Waals surface area contributed by atoms with Gasteiger partial charge in [0, 0.05) is 5.92 Å². The van der Waals surface area contributed by atoms with Crippen molar-refractivity contribution in [3.8, 4) is 0 Å². The normalized spacial score (nSPS) is 56.6. The van der Waals surface area contributed by atoms with Crippen molar-refractivity contribution in [3.63, 3.8) is 0 Å². The van der Waals surface area contributed by atoms with Gasteiger partial charge in [-0.25, -0.2) is 0 Å². The maximum Gasteiger partial charge on any atom is 0.271 e. The van der Waals surface area contributed by atoms with Crippen LogP contribution in [0.3, 0.4) is 0 Å². The Balaban J connectivity index is 2.18. The molecule has 1 aliphatic heterocycles. The molecule has 2 aliphatic carbocycles. The van der Waals surface area contributed by atoms with Crippen molar-refractivity contribution in [2.24, 2.45) is 23.2 Å². The lowest BCUT2D eigenvalue weighted by atomic mass is 9.80. The summed E-state index contributed by atoms with van der Waals surface area (Å²) < 4.78 is 28.7. The Hall–Kier alpha value is -0.0900. The standard InChI is InChI=1S/C10H16O3S/c1-5-6-4-7-8(10(6,2)3)9(5)14(11,12)13-7/h5-9H,4H2,1-3H3. The molecule has 0 N–H and O–H groups in total. The highest BCUT2D eigenvalue weighted by Gasteiger charge is 2.70. The predicted molar refractivity (Wildman–Crippen MR) is 52.1 cm³/mol. The first-order chi connectivity index (χ1) is 6.36. The van der Waals surface area contributed by atoms with E-state index in [0.29, 0.717) is 5.92 Å². The Morgan fingerprint density at radius 3 is 2.50 bits per heavy atom. The minimum Gasteiger partial charge on any atom is -0.266 e. The molecule has 0 spiro atoms. The van der Waals surface area contributed by atoms with Gasteiger partial charge in [0.05, 0.1) is 11.4 Å². The van der Waals surface area contributed by atoms with Crippen molar-refractivity contribution in [3.05, 3.63) is 0 Å². The third-order valence-corrected chi connectivity index (χ3v) is 6.70. The van der Waals surface area contributed by atoms with E-state index in [2.05, 4.69) is 20.8 Å². The fraction of sp³-hybridized carbons (Fsp3) is 1.00. The summed E-state index contributed by atoms with van der Waals surface area (Å²) in [6.07, 6.45) is 0.926. The lowest BCUT2D eigenvalue weighted by molar-refractivity contribution is 0.169. The molecular weight excluding hydrogens is 200 g/mol. The Labute approximate surface area is 85.0 Å². The van der Waals surface area contributed by atoms with Gasteiger partial charge in [0.1, 0.15) is 0 Å². The molecule has 0 aromatic rings. The van der Waals surface area contributed by atoms with Gasteiger partial charge < -0.3 is 0 Å². The molecule has 3 fully saturated rings. The van der Waals surface area contributed by atoms with E-state index < -0.39 is 10.1 Å². The molecule has 2 saturated carbocycles. The highest BCUT2D eigenvalue weighted by molar-refractivity contribution is 7.87. The SMILES string of the molecule is CC1C2CC3OS(=O)(=O)C1C3C2(C)C. The van der Waals surface area contributed by atoms with Crippen LogP contribution in [0.5, 0.6) is 0 Å². The van der Waals surface area contributed by atoms with Crippen LogP contribution in [0.1, 0.15) is 27.2 Å². The van der Waals surface area contributed by atoms with Crippen LogP contribution in [0.15, 0.2) is 0 Å². The van der Waals surface area contributed by atoms with E-state index in [1.54, 1.807) is 0 Å². The molecule has 1 heterocycles. The predicted octanol–water partition coefficient (Wildman–Crippen LogP) is 1.40. The Morgan fingerprint density at radius 2 is 2.00 bits per heavy atom. The lowest BCUT2D eigenvalue weighted by Crippen LogP contribution is -2.30. The molecular formula is C10H16O3S. The summed E-state index contributed by atoms with van der Waals surface area (Å²) in [5.74, 6) is 1.05. The topological polar surface area (TPSA) is 43.4 Å². The van der Waals surface area contributed by atoms with Crippen LogP contribution >= 0.6 is 0 Å². The van der Waals surface area contributed by atoms with Crippen LogP contribution in [0, 0.1) is 23.2 Å². The summed E-state index contributed by atoms with van der Waals surface area (Å²) in [5, 5.41) is -0.221. The summed E-state index contributed by atoms with van der Waals surface area (Å²) in [5.41, 5.74) is 0.151. The average Bonchev–Trinajstić information content (AvgIpc) is 2.46. The maximum absolute atomic E-state index is 11.8. The number of hydrogen-bond donors (Lipinski definition) is 0. The van der Waals surface area contributed by atoms with E-state index >= 15 is 0 Å². The van der Waals surface area contributed by atoms with Crippen molar-refractivity contribution >= 4 is 10.1 Å². The quantitative estimate of drug-likeness (QED) is 0.575. The molecule has 4 heteroatoms. The highest BCUT2D eigenvalue weighted by atomic mass is 32.2. The fourth-order valence-corrected chi connectivity index (χ4v) is 6.56. The van der Waals surface area contributed by atoms with Gasteiger partial charge >= 0.3 is 0 Å². The van der Waals surface area contributed by atoms with Crippen LogP contribution in [-0.4, -0.2) is 19.8 Å². The molecule has 3 nitrogen and oxygen atoms in total. The first-order valence-corrected chi connectivity index (χ1v) is 6.75. The molecule has 0 aromatic carbocycles. The third kappa shape index (κ3) is 0.770. The van der Waals surface area contributed by atoms with Gasteiger partial charge in [-0.3, -0.25) is 4.18 Å². The minimum atomic E-state index is -3.25. The van der Waals surface area contributed by atoms with Crippen molar-refractivity contribution in [2.75, 3.05) is 0 Å². The van der Waals surface area contributed by atoms with Gasteiger partial charge in [-0.05, 0) is 23.7 Å². The summed E-state index contributed by atoms with van der Waals surface area (Å²) in [6.45, 7) is 6.46. The van der Waals surface area contributed by atoms with Crippen molar-refractivity contribution in [1.82, 2.24) is 0 Å². The zero-order valence-electron chi connectivity index (χ0n) is 8.73. The van der Waals surface area contributed by atoms with Crippen LogP contribution in [0.25, 0.3) is 0 Å². The molecule has 3 aliphatic rings. The van der Waals surface area contributed by atoms with Gasteiger partial charge in [-0.2, -0.15) is 8.42 Å². The largest absolute Gasteiger partial charge is 0.271 e. The smallest absolute Gasteiger partial charge is 0.266 e. The van der Waals surface area contributed by atoms with Gasteiger partial charge in [0.25, 0.3) is 10.1 Å². The molecule has 5 unspecified atom stereocenters. The monoisotopic (exact) mass is 216 g/mol. The van der Waals surface area contributed by atoms with Crippen molar-refractivity contribution < 1.29 is 12.6 Å². The lowest BCUT2D eigenvalue weighted by Gasteiger charge is -2.24. The van der Waals surface area contributed by atoms with Gasteiger partial charge in [0.2, 0.25) is 0 Å². The molecule has 2 bridgehead atoms. The molecule has 0 amide bonds. The van der Waals surface area contributed by atoms with Crippen molar-refractivity contribution in [2.45, 2.75) is 38.5 Å². The zero-order valence-corrected chi connectivity index (χ0v) is 9.54. The van der Waals surface area contributed by atoms with Crippen LogP contribution < -0.4 is 0 Å². The van der Waals surface area contributed by atoms with Crippen molar-refractivity contribution in [1.29, 1.82) is 0 Å². The summed E-state index contributed by atoms with van der Waals surface area (Å²) in [4.78, 5) is 0. The number of rotatable bonds is 0. The first-order valence-electron chi connectivity index (χ1n) is 5.28. The maximum atomic E-state index is 11.8. The van der Waals surface area contributed by atoms with E-state index in [0.717, 1.165) is 6.42 Å². The summed E-state index contributed by atoms with van der Waals surface area (Å²) in [6, 6.07) is 0. The molecule has 1 saturated heterocycles. The van der Waals surface area contributed by atoms with Crippen LogP contribution in [0.2, 0.25) is 0 Å². The van der Waals surface area contributed by atoms with E-state index in [-0.39, 0.29) is 28.6 Å². The van der Waals surface area contributed by atoms with E-state index in [9.17, 15) is 8.42 Å². The summed E-state index contributed by atoms with van der Waals surface area (Å²) >= 11 is 0. The second-order valence-corrected chi connectivity index (χ2v) is 7.36. The van der Waals surface area contributed by atoms with E-state index in [1.807, 2.05) is 0 Å². The molecule has 0 radical (unpaired) electrons. The number of hydrogen-bond acceptors (Lipinski definition) is 3. The third-order valence-electron chi connectivity index (χ3n) is 4.80. The van der Waals surface area contributed by atoms with E-state index in [1.165, 1.54) is 0 Å². The summed E-state index contributed by atoms with van der Waals surface area (Å²) in [7, 11) is -3.25. The van der Waals surface area contributed by atoms with E-state index in [4.69, 9.17) is 4.18 Å². The molecule has 3 rings (SSSR count). The fourth-order valence-electron chi connectivity index (χ4n) is 4.29. The van der Waals surface area contributed by atoms with Gasteiger partial charge in [-0.1, -0.05) is 20.8 Å². The minimum absolute atomic E-state index is 0.0128. The Morgan fingerprint density at radius 1 is 1.36 bits per heavy atom.